The first kappa shape index (κ1) is 102. The van der Waals surface area contributed by atoms with E-state index in [4.69, 9.17) is 22.9 Å². The number of aromatic nitrogens is 28. The zero-order valence-corrected chi connectivity index (χ0v) is 72.8. The topological polar surface area (TPSA) is 532 Å². The number of piperidine rings is 3. The monoisotopic (exact) mass is 1740 g/mol. The molecule has 104 heavy (non-hydrogen) atoms. The summed E-state index contributed by atoms with van der Waals surface area (Å²) >= 11 is 0. The Hall–Kier alpha value is -3.76. The maximum Gasteiger partial charge on any atom is 0.264 e. The van der Waals surface area contributed by atoms with Crippen molar-refractivity contribution >= 4 is 11.9 Å². The third-order valence-electron chi connectivity index (χ3n) is 13.9. The number of piperazine rings is 1. The summed E-state index contributed by atoms with van der Waals surface area (Å²) in [5, 5.41) is 124. The molecule has 566 valence electrons. The van der Waals surface area contributed by atoms with Crippen LogP contribution in [0.3, 0.4) is 0 Å². The van der Waals surface area contributed by atoms with Gasteiger partial charge in [-0.15, -0.1) is 115 Å². The van der Waals surface area contributed by atoms with E-state index in [1.165, 1.54) is 57.8 Å². The van der Waals surface area contributed by atoms with Crippen LogP contribution >= 0.6 is 0 Å². The minimum absolute atomic E-state index is 0. The summed E-state index contributed by atoms with van der Waals surface area (Å²) in [6, 6.07) is 0.996. The first-order valence-electron chi connectivity index (χ1n) is 34.7. The summed E-state index contributed by atoms with van der Waals surface area (Å²) in [5.41, 5.74) is 20.1. The second-order valence-electron chi connectivity index (χ2n) is 22.1. The van der Waals surface area contributed by atoms with Crippen molar-refractivity contribution in [1.82, 2.24) is 169 Å². The number of nitrogens with zero attached hydrogens (tertiary/aromatic N) is 30. The van der Waals surface area contributed by atoms with Crippen LogP contribution in [0.4, 0.5) is 11.9 Å². The van der Waals surface area contributed by atoms with Gasteiger partial charge in [-0.05, 0) is 123 Å². The molecule has 6 saturated heterocycles. The van der Waals surface area contributed by atoms with E-state index in [1.54, 1.807) is 0 Å². The molecule has 4 atom stereocenters. The van der Waals surface area contributed by atoms with Gasteiger partial charge in [0.1, 0.15) is 0 Å². The number of hydrogen-bond acceptors (Lipinski definition) is 39. The van der Waals surface area contributed by atoms with Crippen LogP contribution in [0.25, 0.3) is 0 Å². The Morgan fingerprint density at radius 1 is 0.327 bits per heavy atom. The molecule has 13 heterocycles. The van der Waals surface area contributed by atoms with E-state index >= 15 is 0 Å². The van der Waals surface area contributed by atoms with E-state index in [-0.39, 0.29) is 155 Å². The molecule has 0 aliphatic carbocycles. The standard InChI is InChI=1S/C12H20N6.C11H19N7.C10H16N6.C8H14N4.C6H12N6.2C3H7.2C2N4.2C2H6N.4Y/c1-3-7-13-9(5-1)11-15-17-12(18-16-11)10-6-2-4-8-14-10;1-2-6-17(7-3-1)10-13-15-11(16-14-10)18-8-4-12-5-9-18;1-3-7(11-5-1)9-13-15-10(16-14-9)8-4-2-6-12-8;1-3-5-7-9-11-8(6-4-2)12-10-7;7-3-1-5-9-11-6(2-4-8)12-10-5;2*1-3-2;2*1-3-5-2-6-4-1;2*1-2-3;;;;/h9-10,13-14H,1-8H2;12H,1-9H2;7-8,11-12H,1-6H2;3-6H2,1-2H3;1-4,7-8H2;2*1,3H2,2H3;;;2*1-3H2;;;;/q;;;;;2*-1;2*-2;2*-1;;;;. The van der Waals surface area contributed by atoms with E-state index in [2.05, 4.69) is 246 Å². The van der Waals surface area contributed by atoms with Crippen LogP contribution in [0.15, 0.2) is 0 Å². The molecule has 7 aromatic heterocycles. The van der Waals surface area contributed by atoms with E-state index in [0.717, 1.165) is 165 Å². The fourth-order valence-electron chi connectivity index (χ4n) is 9.34. The van der Waals surface area contributed by atoms with Crippen LogP contribution in [-0.2, 0) is 157 Å². The van der Waals surface area contributed by atoms with Gasteiger partial charge in [-0.3, -0.25) is 0 Å². The van der Waals surface area contributed by atoms with Crippen molar-refractivity contribution in [2.45, 2.75) is 187 Å². The van der Waals surface area contributed by atoms with Gasteiger partial charge >= 0.3 is 0 Å². The Labute approximate surface area is 715 Å². The van der Waals surface area contributed by atoms with Gasteiger partial charge < -0.3 is 128 Å². The number of rotatable bonds is 14. The maximum absolute atomic E-state index is 5.30. The van der Waals surface area contributed by atoms with E-state index in [0.29, 0.717) is 62.6 Å². The smallest absolute Gasteiger partial charge is 0.264 e. The van der Waals surface area contributed by atoms with Gasteiger partial charge in [-0.25, -0.2) is 25.3 Å². The summed E-state index contributed by atoms with van der Waals surface area (Å²) in [6.07, 6.45) is 31.0. The predicted octanol–water partition coefficient (Wildman–Crippen LogP) is -0.138. The third-order valence-corrected chi connectivity index (χ3v) is 13.9. The third kappa shape index (κ3) is 47.2. The van der Waals surface area contributed by atoms with E-state index < -0.39 is 0 Å². The average molecular weight is 1740 g/mol. The molecule has 4 unspecified atom stereocenters. The number of nitrogens with two attached hydrogens (primary N) is 4. The van der Waals surface area contributed by atoms with Crippen LogP contribution in [-0.4, -0.2) is 234 Å². The fraction of sp³-hybridized carbons (Fsp3) is 0.705. The zero-order chi connectivity index (χ0) is 72.1. The largest absolute Gasteiger partial charge is 0.388 e. The summed E-state index contributed by atoms with van der Waals surface area (Å²) in [4.78, 5) is 4.29. The van der Waals surface area contributed by atoms with Crippen molar-refractivity contribution < 1.29 is 131 Å². The van der Waals surface area contributed by atoms with Gasteiger partial charge in [-0.2, -0.15) is 12.8 Å². The van der Waals surface area contributed by atoms with Gasteiger partial charge in [0.2, 0.25) is 0 Å². The molecule has 13 N–H and O–H groups in total. The van der Waals surface area contributed by atoms with Crippen LogP contribution in [0.5, 0.6) is 0 Å². The molecule has 43 heteroatoms. The second kappa shape index (κ2) is 70.9. The van der Waals surface area contributed by atoms with E-state index in [1.807, 2.05) is 13.8 Å². The van der Waals surface area contributed by atoms with Gasteiger partial charge in [0.15, 0.2) is 46.6 Å². The van der Waals surface area contributed by atoms with Crippen LogP contribution < -0.4 is 59.3 Å². The molecule has 6 aliphatic rings. The Morgan fingerprint density at radius 2 is 0.577 bits per heavy atom. The van der Waals surface area contributed by atoms with Gasteiger partial charge in [-0.1, -0.05) is 40.5 Å². The van der Waals surface area contributed by atoms with Gasteiger partial charge in [0, 0.05) is 196 Å². The van der Waals surface area contributed by atoms with Crippen LogP contribution in [0.1, 0.15) is 208 Å². The van der Waals surface area contributed by atoms with Crippen molar-refractivity contribution in [3.8, 4) is 0 Å². The SMILES string of the molecule is C1CCC(c2nnc(C3CCCCN3)nn2)NC1.C1CCN(c2nnc(N3CCNCC3)nn2)CC1.C1CNC(c2nnc(C3CCCN3)nn2)C1.CCCc1nnc(CCC)nn1.NCCc1nnc(CCN)nn1.[CH2-]CC.[CH2-]CC.[CH2-]CN.[CH2-]CN.[Y].[Y].[Y].[Y].[c-]1nn[c-]nn1.[c-]1nn[c-]nn1. The Bertz CT molecular complexity index is 2510. The summed E-state index contributed by atoms with van der Waals surface area (Å²) in [6.45, 7) is 33.7. The fourth-order valence-corrected chi connectivity index (χ4v) is 9.34. The van der Waals surface area contributed by atoms with Crippen molar-refractivity contribution in [2.24, 2.45) is 22.9 Å². The molecule has 0 spiro atoms. The minimum atomic E-state index is 0. The van der Waals surface area contributed by atoms with Gasteiger partial charge in [0.25, 0.3) is 11.9 Å². The molecule has 6 aliphatic heterocycles. The molecule has 7 aromatic rings. The normalized spacial score (nSPS) is 17.2. The molecular formula is C61H107N39Y4-8. The van der Waals surface area contributed by atoms with Crippen LogP contribution in [0, 0.1) is 53.0 Å². The molecule has 6 fully saturated rings. The van der Waals surface area contributed by atoms with Crippen molar-refractivity contribution in [1.29, 1.82) is 0 Å². The molecule has 0 bridgehead atoms. The second-order valence-corrected chi connectivity index (χ2v) is 22.1. The quantitative estimate of drug-likeness (QED) is 0.0640. The molecule has 4 radical (unpaired) electrons. The first-order valence-corrected chi connectivity index (χ1v) is 34.7. The van der Waals surface area contributed by atoms with Crippen molar-refractivity contribution in [3.05, 3.63) is 99.6 Å². The number of anilines is 2. The summed E-state index contributed by atoms with van der Waals surface area (Å²) in [5.74, 6) is 6.94. The first-order chi connectivity index (χ1) is 49.2. The Balaban J connectivity index is 0. The number of aryl methyl sites for hydroxylation is 2. The summed E-state index contributed by atoms with van der Waals surface area (Å²) in [7, 11) is 0. The van der Waals surface area contributed by atoms with Crippen molar-refractivity contribution in [2.75, 3.05) is 101 Å². The molecule has 0 aromatic carbocycles. The van der Waals surface area contributed by atoms with Crippen molar-refractivity contribution in [3.63, 3.8) is 0 Å². The zero-order valence-electron chi connectivity index (χ0n) is 61.4. The average Bonchev–Trinajstić information content (AvgIpc) is 1.30. The van der Waals surface area contributed by atoms with Gasteiger partial charge in [0.05, 0.1) is 24.2 Å². The Kier molecular flexibility index (Phi) is 69.7. The minimum Gasteiger partial charge on any atom is -0.388 e. The molecule has 0 saturated carbocycles. The summed E-state index contributed by atoms with van der Waals surface area (Å²) < 4.78 is 0. The molecule has 39 nitrogen and oxygen atoms in total. The molecule has 13 rings (SSSR count). The van der Waals surface area contributed by atoms with Crippen LogP contribution in [0.2, 0.25) is 0 Å². The molecular weight excluding hydrogens is 1630 g/mol. The maximum atomic E-state index is 5.30. The van der Waals surface area contributed by atoms with E-state index in [9.17, 15) is 0 Å². The predicted molar refractivity (Wildman–Crippen MR) is 373 cm³/mol. The number of hydrogen-bond donors (Lipinski definition) is 9. The molecule has 0 amide bonds. The Morgan fingerprint density at radius 3 is 0.808 bits per heavy atom. The number of nitrogens with one attached hydrogen (secondary N) is 5.